The molecule has 2 atom stereocenters. The van der Waals surface area contributed by atoms with Crippen LogP contribution in [0.1, 0.15) is 6.42 Å². The monoisotopic (exact) mass is 365 g/mol. The maximum absolute atomic E-state index is 13.1. The van der Waals surface area contributed by atoms with Gasteiger partial charge in [-0.2, -0.15) is 0 Å². The van der Waals surface area contributed by atoms with E-state index in [9.17, 15) is 23.6 Å². The first kappa shape index (κ1) is 17.8. The number of carboxylic acids is 1. The van der Waals surface area contributed by atoms with Crippen LogP contribution in [-0.4, -0.2) is 65.7 Å². The van der Waals surface area contributed by atoms with Crippen molar-refractivity contribution in [3.63, 3.8) is 0 Å². The van der Waals surface area contributed by atoms with Gasteiger partial charge in [-0.05, 0) is 30.7 Å². The zero-order chi connectivity index (χ0) is 18.8. The molecule has 0 bridgehead atoms. The highest BCUT2D eigenvalue weighted by atomic mass is 19.1. The molecule has 2 saturated heterocycles. The van der Waals surface area contributed by atoms with Crippen molar-refractivity contribution in [3.8, 4) is 0 Å². The standard InChI is InChI=1S/C16H16FN3O6/c17-9-1-3-10(4-2-9)20-15(24)14-11(18-16(20)25)5-6-19(14)12(21)7-26-8-13(22)23/h1-4,11,14H,5-8H2,(H,18,25)(H,22,23)/t11-,14-/m1/s1. The number of carbonyl (C=O) groups excluding carboxylic acids is 3. The lowest BCUT2D eigenvalue weighted by Gasteiger charge is -2.36. The largest absolute Gasteiger partial charge is 0.480 e. The Morgan fingerprint density at radius 2 is 1.92 bits per heavy atom. The molecular weight excluding hydrogens is 349 g/mol. The number of imide groups is 1. The summed E-state index contributed by atoms with van der Waals surface area (Å²) in [4.78, 5) is 50.0. The van der Waals surface area contributed by atoms with Gasteiger partial charge < -0.3 is 20.1 Å². The average Bonchev–Trinajstić information content (AvgIpc) is 3.00. The maximum Gasteiger partial charge on any atom is 0.329 e. The van der Waals surface area contributed by atoms with Crippen molar-refractivity contribution in [2.24, 2.45) is 0 Å². The van der Waals surface area contributed by atoms with E-state index in [0.717, 1.165) is 17.0 Å². The van der Waals surface area contributed by atoms with E-state index in [0.29, 0.717) is 6.42 Å². The molecule has 1 aromatic rings. The summed E-state index contributed by atoms with van der Waals surface area (Å²) in [5.74, 6) is -2.86. The molecule has 2 fully saturated rings. The van der Waals surface area contributed by atoms with Gasteiger partial charge in [0.1, 0.15) is 25.1 Å². The van der Waals surface area contributed by atoms with E-state index in [4.69, 9.17) is 9.84 Å². The molecule has 138 valence electrons. The number of benzene rings is 1. The second-order valence-corrected chi connectivity index (χ2v) is 5.91. The number of urea groups is 1. The predicted molar refractivity (Wildman–Crippen MR) is 84.8 cm³/mol. The number of nitrogens with zero attached hydrogens (tertiary/aromatic N) is 2. The first-order valence-corrected chi connectivity index (χ1v) is 7.87. The molecule has 2 aliphatic heterocycles. The first-order valence-electron chi connectivity index (χ1n) is 7.87. The van der Waals surface area contributed by atoms with Gasteiger partial charge in [0.15, 0.2) is 0 Å². The van der Waals surface area contributed by atoms with E-state index < -0.39 is 54.9 Å². The molecule has 2 N–H and O–H groups in total. The molecular formula is C16H16FN3O6. The van der Waals surface area contributed by atoms with Gasteiger partial charge in [-0.15, -0.1) is 0 Å². The van der Waals surface area contributed by atoms with Crippen molar-refractivity contribution in [2.45, 2.75) is 18.5 Å². The number of fused-ring (bicyclic) bond motifs is 1. The summed E-state index contributed by atoms with van der Waals surface area (Å²) in [5, 5.41) is 11.2. The van der Waals surface area contributed by atoms with Gasteiger partial charge >= 0.3 is 12.0 Å². The van der Waals surface area contributed by atoms with Crippen LogP contribution in [0.2, 0.25) is 0 Å². The molecule has 9 nitrogen and oxygen atoms in total. The second kappa shape index (κ2) is 7.08. The molecule has 1 aromatic carbocycles. The first-order chi connectivity index (χ1) is 12.4. The number of carboxylic acid groups (broad SMARTS) is 1. The van der Waals surface area contributed by atoms with Crippen LogP contribution in [0.25, 0.3) is 0 Å². The van der Waals surface area contributed by atoms with Crippen LogP contribution in [0.3, 0.4) is 0 Å². The van der Waals surface area contributed by atoms with E-state index in [-0.39, 0.29) is 12.2 Å². The molecule has 0 unspecified atom stereocenters. The number of ether oxygens (including phenoxy) is 1. The zero-order valence-corrected chi connectivity index (χ0v) is 13.6. The molecule has 4 amide bonds. The van der Waals surface area contributed by atoms with Gasteiger partial charge in [-0.1, -0.05) is 0 Å². The van der Waals surface area contributed by atoms with Gasteiger partial charge in [0.25, 0.3) is 5.91 Å². The molecule has 0 aliphatic carbocycles. The third kappa shape index (κ3) is 3.36. The highest BCUT2D eigenvalue weighted by Crippen LogP contribution is 2.27. The Balaban J connectivity index is 1.77. The van der Waals surface area contributed by atoms with Crippen LogP contribution >= 0.6 is 0 Å². The molecule has 10 heteroatoms. The van der Waals surface area contributed by atoms with E-state index in [2.05, 4.69) is 5.32 Å². The third-order valence-electron chi connectivity index (χ3n) is 4.24. The fraction of sp³-hybridized carbons (Fsp3) is 0.375. The molecule has 3 rings (SSSR count). The number of likely N-dealkylation sites (tertiary alicyclic amines) is 1. The highest BCUT2D eigenvalue weighted by Gasteiger charge is 2.49. The Morgan fingerprint density at radius 1 is 1.23 bits per heavy atom. The lowest BCUT2D eigenvalue weighted by Crippen LogP contribution is -2.65. The van der Waals surface area contributed by atoms with Crippen molar-refractivity contribution >= 4 is 29.5 Å². The van der Waals surface area contributed by atoms with Crippen molar-refractivity contribution in [2.75, 3.05) is 24.7 Å². The minimum Gasteiger partial charge on any atom is -0.480 e. The van der Waals surface area contributed by atoms with Gasteiger partial charge in [-0.3, -0.25) is 9.59 Å². The number of anilines is 1. The van der Waals surface area contributed by atoms with Crippen molar-refractivity contribution < 1.29 is 33.4 Å². The van der Waals surface area contributed by atoms with Crippen LogP contribution in [-0.2, 0) is 19.1 Å². The van der Waals surface area contributed by atoms with E-state index in [1.54, 1.807) is 0 Å². The zero-order valence-electron chi connectivity index (χ0n) is 13.6. The molecule has 26 heavy (non-hydrogen) atoms. The Labute approximate surface area is 147 Å². The van der Waals surface area contributed by atoms with Crippen LogP contribution in [0.4, 0.5) is 14.9 Å². The number of aliphatic carboxylic acids is 1. The number of carbonyl (C=O) groups is 4. The summed E-state index contributed by atoms with van der Waals surface area (Å²) in [5.41, 5.74) is 0.189. The number of amides is 4. The number of halogens is 1. The Hall–Kier alpha value is -3.01. The Morgan fingerprint density at radius 3 is 2.58 bits per heavy atom. The topological polar surface area (TPSA) is 116 Å². The number of hydrogen-bond donors (Lipinski definition) is 2. The Kier molecular flexibility index (Phi) is 4.85. The predicted octanol–water partition coefficient (Wildman–Crippen LogP) is -0.0474. The smallest absolute Gasteiger partial charge is 0.329 e. The molecule has 2 aliphatic rings. The van der Waals surface area contributed by atoms with Crippen LogP contribution < -0.4 is 10.2 Å². The fourth-order valence-electron chi connectivity index (χ4n) is 3.13. The summed E-state index contributed by atoms with van der Waals surface area (Å²) < 4.78 is 17.9. The van der Waals surface area contributed by atoms with Gasteiger partial charge in [0.2, 0.25) is 5.91 Å². The summed E-state index contributed by atoms with van der Waals surface area (Å²) >= 11 is 0. The summed E-state index contributed by atoms with van der Waals surface area (Å²) in [6, 6.07) is 2.75. The lowest BCUT2D eigenvalue weighted by molar-refractivity contribution is -0.147. The summed E-state index contributed by atoms with van der Waals surface area (Å²) in [6.45, 7) is -0.874. The number of hydrogen-bond acceptors (Lipinski definition) is 5. The van der Waals surface area contributed by atoms with Crippen molar-refractivity contribution in [1.82, 2.24) is 10.2 Å². The molecule has 0 saturated carbocycles. The Bertz CT molecular complexity index is 753. The van der Waals surface area contributed by atoms with E-state index in [1.807, 2.05) is 0 Å². The highest BCUT2D eigenvalue weighted by molar-refractivity contribution is 6.19. The normalized spacial score (nSPS) is 22.2. The molecule has 0 spiro atoms. The minimum atomic E-state index is -1.21. The number of nitrogens with one attached hydrogen (secondary N) is 1. The van der Waals surface area contributed by atoms with E-state index in [1.165, 1.54) is 17.0 Å². The quantitative estimate of drug-likeness (QED) is 0.756. The van der Waals surface area contributed by atoms with Crippen molar-refractivity contribution in [3.05, 3.63) is 30.1 Å². The molecule has 0 radical (unpaired) electrons. The van der Waals surface area contributed by atoms with Gasteiger partial charge in [-0.25, -0.2) is 18.9 Å². The van der Waals surface area contributed by atoms with E-state index >= 15 is 0 Å². The number of rotatable bonds is 5. The third-order valence-corrected chi connectivity index (χ3v) is 4.24. The van der Waals surface area contributed by atoms with Gasteiger partial charge in [0.05, 0.1) is 11.7 Å². The van der Waals surface area contributed by atoms with Gasteiger partial charge in [0, 0.05) is 6.54 Å². The fourth-order valence-corrected chi connectivity index (χ4v) is 3.13. The van der Waals surface area contributed by atoms with Crippen molar-refractivity contribution in [1.29, 1.82) is 0 Å². The lowest BCUT2D eigenvalue weighted by atomic mass is 10.0. The minimum absolute atomic E-state index is 0.189. The second-order valence-electron chi connectivity index (χ2n) is 5.91. The SMILES string of the molecule is O=C(O)COCC(=O)N1CC[C@H]2NC(=O)N(c3ccc(F)cc3)C(=O)[C@@H]21. The van der Waals surface area contributed by atoms with Crippen LogP contribution in [0.15, 0.2) is 24.3 Å². The molecule has 0 aromatic heterocycles. The van der Waals surface area contributed by atoms with Crippen LogP contribution in [0, 0.1) is 5.82 Å². The van der Waals surface area contributed by atoms with Crippen LogP contribution in [0.5, 0.6) is 0 Å². The summed E-state index contributed by atoms with van der Waals surface area (Å²) in [7, 11) is 0. The summed E-state index contributed by atoms with van der Waals surface area (Å²) in [6.07, 6.45) is 0.393. The molecule has 2 heterocycles. The maximum atomic E-state index is 13.1. The average molecular weight is 365 g/mol.